The summed E-state index contributed by atoms with van der Waals surface area (Å²) in [6, 6.07) is 0. The second kappa shape index (κ2) is 6.23. The number of hydrogen-bond donors (Lipinski definition) is 2. The molecule has 3 N–H and O–H groups in total. The fourth-order valence-corrected chi connectivity index (χ4v) is 4.00. The lowest BCUT2D eigenvalue weighted by Gasteiger charge is -2.34. The lowest BCUT2D eigenvalue weighted by atomic mass is 9.83. The molecule has 1 heterocycles. The highest BCUT2D eigenvalue weighted by atomic mass is 16.1. The predicted octanol–water partition coefficient (Wildman–Crippen LogP) is 1.35. The number of nitrogens with two attached hydrogens (primary N) is 1. The molecule has 1 saturated heterocycles. The molecule has 19 heavy (non-hydrogen) atoms. The largest absolute Gasteiger partial charge is 0.368 e. The molecule has 110 valence electrons. The zero-order valence-corrected chi connectivity index (χ0v) is 12.5. The first-order chi connectivity index (χ1) is 9.08. The normalized spacial score (nSPS) is 35.9. The molecule has 4 heteroatoms. The van der Waals surface area contributed by atoms with E-state index in [-0.39, 0.29) is 5.91 Å². The van der Waals surface area contributed by atoms with Crippen LogP contribution in [0.25, 0.3) is 0 Å². The van der Waals surface area contributed by atoms with Crippen LogP contribution in [0.5, 0.6) is 0 Å². The fraction of sp³-hybridized carbons (Fsp3) is 0.933. The Bertz CT molecular complexity index is 321. The number of nitrogens with zero attached hydrogens (tertiary/aromatic N) is 1. The number of carbonyl (C=O) groups excluding carboxylic acids is 1. The van der Waals surface area contributed by atoms with Crippen molar-refractivity contribution in [3.8, 4) is 0 Å². The molecular weight excluding hydrogens is 238 g/mol. The van der Waals surface area contributed by atoms with Crippen LogP contribution in [0, 0.1) is 11.8 Å². The number of nitrogens with one attached hydrogen (secondary N) is 1. The summed E-state index contributed by atoms with van der Waals surface area (Å²) in [6.45, 7) is 8.76. The number of primary amides is 1. The van der Waals surface area contributed by atoms with Gasteiger partial charge < -0.3 is 16.0 Å². The van der Waals surface area contributed by atoms with Gasteiger partial charge in [0.25, 0.3) is 0 Å². The van der Waals surface area contributed by atoms with Crippen LogP contribution in [-0.2, 0) is 4.79 Å². The summed E-state index contributed by atoms with van der Waals surface area (Å²) in [5, 5.41) is 3.40. The maximum Gasteiger partial charge on any atom is 0.238 e. The zero-order valence-electron chi connectivity index (χ0n) is 12.5. The Kier molecular flexibility index (Phi) is 4.85. The number of likely N-dealkylation sites (N-methyl/N-ethyl adjacent to an activating group) is 1. The van der Waals surface area contributed by atoms with Crippen molar-refractivity contribution < 1.29 is 4.79 Å². The average Bonchev–Trinajstić information content (AvgIpc) is 2.94. The van der Waals surface area contributed by atoms with Gasteiger partial charge in [-0.25, -0.2) is 0 Å². The van der Waals surface area contributed by atoms with E-state index in [1.165, 1.54) is 19.5 Å². The molecule has 0 spiro atoms. The third-order valence-corrected chi connectivity index (χ3v) is 5.05. The van der Waals surface area contributed by atoms with Crippen molar-refractivity contribution in [2.75, 3.05) is 26.2 Å². The van der Waals surface area contributed by atoms with Gasteiger partial charge in [0, 0.05) is 6.54 Å². The molecule has 1 aliphatic heterocycles. The van der Waals surface area contributed by atoms with E-state index in [0.717, 1.165) is 44.7 Å². The van der Waals surface area contributed by atoms with Gasteiger partial charge in [-0.2, -0.15) is 0 Å². The van der Waals surface area contributed by atoms with Crippen molar-refractivity contribution in [3.05, 3.63) is 0 Å². The van der Waals surface area contributed by atoms with Gasteiger partial charge in [-0.1, -0.05) is 20.3 Å². The quantitative estimate of drug-likeness (QED) is 0.764. The first-order valence-corrected chi connectivity index (χ1v) is 7.85. The predicted molar refractivity (Wildman–Crippen MR) is 77.8 cm³/mol. The van der Waals surface area contributed by atoms with Gasteiger partial charge in [-0.3, -0.25) is 4.79 Å². The van der Waals surface area contributed by atoms with Gasteiger partial charge in [0.2, 0.25) is 5.91 Å². The van der Waals surface area contributed by atoms with E-state index in [0.29, 0.717) is 5.92 Å². The SMILES string of the molecule is CCNC1(C(N)=O)CCCC1CCN1CCC(C)C1. The minimum Gasteiger partial charge on any atom is -0.368 e. The molecule has 4 nitrogen and oxygen atoms in total. The summed E-state index contributed by atoms with van der Waals surface area (Å²) in [6.07, 6.45) is 5.59. The van der Waals surface area contributed by atoms with Crippen molar-refractivity contribution in [3.63, 3.8) is 0 Å². The monoisotopic (exact) mass is 267 g/mol. The van der Waals surface area contributed by atoms with Crippen molar-refractivity contribution in [2.45, 2.75) is 51.5 Å². The second-order valence-electron chi connectivity index (χ2n) is 6.44. The Morgan fingerprint density at radius 1 is 1.47 bits per heavy atom. The number of likely N-dealkylation sites (tertiary alicyclic amines) is 1. The van der Waals surface area contributed by atoms with Crippen LogP contribution in [0.2, 0.25) is 0 Å². The number of hydrogen-bond acceptors (Lipinski definition) is 3. The summed E-state index contributed by atoms with van der Waals surface area (Å²) >= 11 is 0. The Hall–Kier alpha value is -0.610. The number of amides is 1. The van der Waals surface area contributed by atoms with Gasteiger partial charge in [0.1, 0.15) is 5.54 Å². The molecule has 0 radical (unpaired) electrons. The van der Waals surface area contributed by atoms with E-state index < -0.39 is 5.54 Å². The lowest BCUT2D eigenvalue weighted by molar-refractivity contribution is -0.126. The standard InChI is InChI=1S/C15H29N3O/c1-3-17-15(14(16)19)8-4-5-13(15)7-10-18-9-6-12(2)11-18/h12-13,17H,3-11H2,1-2H3,(H2,16,19). The van der Waals surface area contributed by atoms with Crippen LogP contribution in [-0.4, -0.2) is 42.5 Å². The van der Waals surface area contributed by atoms with Crippen LogP contribution in [0.3, 0.4) is 0 Å². The van der Waals surface area contributed by atoms with Gasteiger partial charge >= 0.3 is 0 Å². The number of carbonyl (C=O) groups is 1. The molecular formula is C15H29N3O. The van der Waals surface area contributed by atoms with Crippen LogP contribution in [0.1, 0.15) is 46.0 Å². The summed E-state index contributed by atoms with van der Waals surface area (Å²) in [4.78, 5) is 14.5. The van der Waals surface area contributed by atoms with Crippen LogP contribution in [0.4, 0.5) is 0 Å². The highest BCUT2D eigenvalue weighted by Crippen LogP contribution is 2.38. The average molecular weight is 267 g/mol. The van der Waals surface area contributed by atoms with Crippen molar-refractivity contribution in [1.29, 1.82) is 0 Å². The van der Waals surface area contributed by atoms with E-state index in [9.17, 15) is 4.79 Å². The Labute approximate surface area is 117 Å². The maximum absolute atomic E-state index is 11.9. The smallest absolute Gasteiger partial charge is 0.238 e. The minimum atomic E-state index is -0.430. The van der Waals surface area contributed by atoms with E-state index in [1.54, 1.807) is 0 Å². The highest BCUT2D eigenvalue weighted by molar-refractivity contribution is 5.85. The molecule has 1 amide bonds. The van der Waals surface area contributed by atoms with Crippen molar-refractivity contribution >= 4 is 5.91 Å². The second-order valence-corrected chi connectivity index (χ2v) is 6.44. The van der Waals surface area contributed by atoms with Gasteiger partial charge in [0.15, 0.2) is 0 Å². The molecule has 0 aromatic heterocycles. The molecule has 3 unspecified atom stereocenters. The van der Waals surface area contributed by atoms with Gasteiger partial charge in [-0.05, 0) is 57.2 Å². The molecule has 1 aliphatic carbocycles. The summed E-state index contributed by atoms with van der Waals surface area (Å²) < 4.78 is 0. The van der Waals surface area contributed by atoms with E-state index >= 15 is 0 Å². The molecule has 3 atom stereocenters. The van der Waals surface area contributed by atoms with Crippen molar-refractivity contribution in [1.82, 2.24) is 10.2 Å². The molecule has 0 bridgehead atoms. The first-order valence-electron chi connectivity index (χ1n) is 7.85. The molecule has 1 saturated carbocycles. The molecule has 2 aliphatic rings. The topological polar surface area (TPSA) is 58.4 Å². The Morgan fingerprint density at radius 3 is 2.84 bits per heavy atom. The molecule has 0 aromatic rings. The molecule has 2 rings (SSSR count). The van der Waals surface area contributed by atoms with Gasteiger partial charge in [0.05, 0.1) is 0 Å². The Morgan fingerprint density at radius 2 is 2.26 bits per heavy atom. The summed E-state index contributed by atoms with van der Waals surface area (Å²) in [5.74, 6) is 1.10. The van der Waals surface area contributed by atoms with E-state index in [4.69, 9.17) is 5.73 Å². The third kappa shape index (κ3) is 3.11. The van der Waals surface area contributed by atoms with E-state index in [1.807, 2.05) is 0 Å². The highest BCUT2D eigenvalue weighted by Gasteiger charge is 2.46. The molecule has 0 aromatic carbocycles. The van der Waals surface area contributed by atoms with Crippen LogP contribution < -0.4 is 11.1 Å². The Balaban J connectivity index is 1.92. The molecule has 2 fully saturated rings. The first kappa shape index (κ1) is 14.8. The fourth-order valence-electron chi connectivity index (χ4n) is 4.00. The van der Waals surface area contributed by atoms with Crippen LogP contribution in [0.15, 0.2) is 0 Å². The van der Waals surface area contributed by atoms with Crippen molar-refractivity contribution in [2.24, 2.45) is 17.6 Å². The minimum absolute atomic E-state index is 0.147. The van der Waals surface area contributed by atoms with E-state index in [2.05, 4.69) is 24.1 Å². The summed E-state index contributed by atoms with van der Waals surface area (Å²) in [7, 11) is 0. The lowest BCUT2D eigenvalue weighted by Crippen LogP contribution is -2.58. The third-order valence-electron chi connectivity index (χ3n) is 5.05. The zero-order chi connectivity index (χ0) is 13.9. The number of rotatable bonds is 6. The maximum atomic E-state index is 11.9. The summed E-state index contributed by atoms with van der Waals surface area (Å²) in [5.41, 5.74) is 5.27. The van der Waals surface area contributed by atoms with Crippen LogP contribution >= 0.6 is 0 Å². The van der Waals surface area contributed by atoms with Gasteiger partial charge in [-0.15, -0.1) is 0 Å².